The Hall–Kier alpha value is 0.0644. The Morgan fingerprint density at radius 1 is 0.581 bits per heavy atom. The number of hydrogen-bond donors (Lipinski definition) is 0. The van der Waals surface area contributed by atoms with E-state index in [2.05, 4.69) is 90.6 Å². The summed E-state index contributed by atoms with van der Waals surface area (Å²) >= 11 is 0. The predicted octanol–water partition coefficient (Wildman–Crippen LogP) is 10.4. The van der Waals surface area contributed by atoms with E-state index in [1.165, 1.54) is 64.2 Å². The fourth-order valence-electron chi connectivity index (χ4n) is 5.80. The van der Waals surface area contributed by atoms with Gasteiger partial charge in [0.15, 0.2) is 16.6 Å². The SMILES string of the molecule is CCCCC1CC(=O)OC1=O.CCCCCCCCCCCC[Si](C)(O[Si](C)(C)O[Si](C)(C)C)O[Si](C)(C)O[Si](C)(C)C. The maximum atomic E-state index is 10.8. The van der Waals surface area contributed by atoms with Crippen molar-refractivity contribution in [2.24, 2.45) is 5.92 Å². The van der Waals surface area contributed by atoms with Crippen LogP contribution in [0.2, 0.25) is 78.1 Å². The number of carbonyl (C=O) groups is 2. The Kier molecular flexibility index (Phi) is 20.4. The maximum absolute atomic E-state index is 10.8. The lowest BCUT2D eigenvalue weighted by atomic mass is 10.0. The van der Waals surface area contributed by atoms with Crippen molar-refractivity contribution in [2.45, 2.75) is 182 Å². The minimum atomic E-state index is -2.39. The molecular weight excluding hydrogens is 625 g/mol. The van der Waals surface area contributed by atoms with Crippen LogP contribution >= 0.6 is 0 Å². The smallest absolute Gasteiger partial charge is 0.317 e. The molecule has 0 radical (unpaired) electrons. The highest BCUT2D eigenvalue weighted by Crippen LogP contribution is 2.30. The largest absolute Gasteiger partial charge is 0.437 e. The third-order valence-electron chi connectivity index (χ3n) is 6.88. The summed E-state index contributed by atoms with van der Waals surface area (Å²) in [5.41, 5.74) is 0. The second-order valence-corrected chi connectivity index (χ2v) is 35.4. The van der Waals surface area contributed by atoms with Crippen molar-refractivity contribution in [1.82, 2.24) is 0 Å². The first-order valence-corrected chi connectivity index (χ1v) is 32.1. The molecule has 1 unspecified atom stereocenters. The average Bonchev–Trinajstić information content (AvgIpc) is 3.11. The molecule has 0 spiro atoms. The van der Waals surface area contributed by atoms with E-state index in [9.17, 15) is 9.59 Å². The summed E-state index contributed by atoms with van der Waals surface area (Å²) in [5, 5.41) is 0. The molecule has 12 heteroatoms. The van der Waals surface area contributed by atoms with Crippen molar-refractivity contribution < 1.29 is 30.8 Å². The first kappa shape index (κ1) is 43.1. The summed E-state index contributed by atoms with van der Waals surface area (Å²) in [6, 6.07) is 1.04. The summed E-state index contributed by atoms with van der Waals surface area (Å²) in [7, 11) is -10.2. The van der Waals surface area contributed by atoms with E-state index < -0.39 is 42.3 Å². The van der Waals surface area contributed by atoms with Gasteiger partial charge in [-0.2, -0.15) is 0 Å². The lowest BCUT2D eigenvalue weighted by Gasteiger charge is -2.43. The number of ether oxygens (including phenoxy) is 1. The van der Waals surface area contributed by atoms with Crippen LogP contribution in [-0.2, 0) is 30.8 Å². The van der Waals surface area contributed by atoms with Gasteiger partial charge in [-0.3, -0.25) is 9.59 Å². The maximum Gasteiger partial charge on any atom is 0.317 e. The molecule has 1 rings (SSSR count). The van der Waals surface area contributed by atoms with Gasteiger partial charge in [0, 0.05) is 0 Å². The van der Waals surface area contributed by atoms with Gasteiger partial charge in [0.25, 0.3) is 0 Å². The highest BCUT2D eigenvalue weighted by molar-refractivity contribution is 6.90. The molecule has 0 saturated carbocycles. The summed E-state index contributed by atoms with van der Waals surface area (Å²) in [6.45, 7) is 28.9. The molecule has 0 N–H and O–H groups in total. The fourth-order valence-corrected chi connectivity index (χ4v) is 29.3. The molecule has 1 aliphatic rings. The van der Waals surface area contributed by atoms with Crippen LogP contribution in [0.25, 0.3) is 0 Å². The quantitative estimate of drug-likeness (QED) is 0.0483. The zero-order valence-corrected chi connectivity index (χ0v) is 35.5. The van der Waals surface area contributed by atoms with Crippen LogP contribution in [0.3, 0.4) is 0 Å². The van der Waals surface area contributed by atoms with Gasteiger partial charge in [0.2, 0.25) is 0 Å². The van der Waals surface area contributed by atoms with Gasteiger partial charge in [-0.05, 0) is 84.5 Å². The standard InChI is InChI=1S/C23H58O4Si5.C8H12O3/c1-13-14-15-16-17-18-19-20-21-22-23-32(12,26-30(8,9)24-28(2,3)4)27-31(10,11)25-29(5,6)7;1-2-3-4-6-5-7(9)11-8(6)10/h13-23H2,1-12H3;6H,2-5H2,1H3. The normalized spacial score (nSPS) is 16.7. The summed E-state index contributed by atoms with van der Waals surface area (Å²) in [5.74, 6) is -0.845. The van der Waals surface area contributed by atoms with Crippen molar-refractivity contribution in [3.63, 3.8) is 0 Å². The summed E-state index contributed by atoms with van der Waals surface area (Å²) < 4.78 is 31.2. The van der Waals surface area contributed by atoms with Gasteiger partial charge in [0.1, 0.15) is 0 Å². The number of esters is 2. The molecule has 0 aromatic carbocycles. The number of cyclic esters (lactones) is 2. The monoisotopic (exact) mass is 694 g/mol. The molecule has 1 saturated heterocycles. The van der Waals surface area contributed by atoms with E-state index in [4.69, 9.17) is 16.5 Å². The van der Waals surface area contributed by atoms with Crippen molar-refractivity contribution in [3.05, 3.63) is 0 Å². The third-order valence-corrected chi connectivity index (χ3v) is 24.4. The van der Waals surface area contributed by atoms with E-state index in [0.29, 0.717) is 6.42 Å². The van der Waals surface area contributed by atoms with E-state index >= 15 is 0 Å². The third kappa shape index (κ3) is 24.0. The molecule has 1 fully saturated rings. The zero-order chi connectivity index (χ0) is 33.4. The van der Waals surface area contributed by atoms with Gasteiger partial charge in [-0.1, -0.05) is 90.9 Å². The number of hydrogen-bond acceptors (Lipinski definition) is 7. The Balaban J connectivity index is 0.00000133. The summed E-state index contributed by atoms with van der Waals surface area (Å²) in [4.78, 5) is 21.4. The van der Waals surface area contributed by atoms with Gasteiger partial charge in [0.05, 0.1) is 12.3 Å². The van der Waals surface area contributed by atoms with Gasteiger partial charge < -0.3 is 21.2 Å². The van der Waals surface area contributed by atoms with Crippen LogP contribution in [0.5, 0.6) is 0 Å². The molecule has 0 bridgehead atoms. The Morgan fingerprint density at radius 3 is 1.33 bits per heavy atom. The van der Waals surface area contributed by atoms with Crippen LogP contribution in [0.15, 0.2) is 0 Å². The predicted molar refractivity (Wildman–Crippen MR) is 193 cm³/mol. The van der Waals surface area contributed by atoms with E-state index in [0.717, 1.165) is 25.3 Å². The van der Waals surface area contributed by atoms with Gasteiger partial charge in [-0.25, -0.2) is 0 Å². The molecule has 1 aliphatic heterocycles. The second-order valence-electron chi connectivity index (χ2n) is 15.3. The van der Waals surface area contributed by atoms with Crippen LogP contribution in [-0.4, -0.2) is 54.3 Å². The molecular formula is C31H70O7Si5. The Morgan fingerprint density at radius 2 is 0.977 bits per heavy atom. The van der Waals surface area contributed by atoms with Crippen LogP contribution in [0, 0.1) is 5.92 Å². The molecule has 0 aliphatic carbocycles. The minimum absolute atomic E-state index is 0.151. The lowest BCUT2D eigenvalue weighted by molar-refractivity contribution is -0.153. The molecule has 256 valence electrons. The summed E-state index contributed by atoms with van der Waals surface area (Å²) in [6.07, 6.45) is 16.6. The van der Waals surface area contributed by atoms with Crippen molar-refractivity contribution >= 4 is 54.3 Å². The fraction of sp³-hybridized carbons (Fsp3) is 0.935. The molecule has 1 atom stereocenters. The topological polar surface area (TPSA) is 80.3 Å². The van der Waals surface area contributed by atoms with Crippen LogP contribution in [0.4, 0.5) is 0 Å². The first-order valence-electron chi connectivity index (χ1n) is 17.2. The number of carbonyl (C=O) groups excluding carboxylic acids is 2. The molecule has 0 aromatic heterocycles. The Bertz CT molecular complexity index is 764. The van der Waals surface area contributed by atoms with Crippen LogP contribution < -0.4 is 0 Å². The molecule has 7 nitrogen and oxygen atoms in total. The van der Waals surface area contributed by atoms with Crippen LogP contribution in [0.1, 0.15) is 104 Å². The van der Waals surface area contributed by atoms with Crippen molar-refractivity contribution in [3.8, 4) is 0 Å². The zero-order valence-electron chi connectivity index (χ0n) is 30.5. The lowest BCUT2D eigenvalue weighted by Crippen LogP contribution is -2.59. The highest BCUT2D eigenvalue weighted by atomic mass is 28.5. The minimum Gasteiger partial charge on any atom is -0.437 e. The van der Waals surface area contributed by atoms with Gasteiger partial charge in [-0.15, -0.1) is 0 Å². The molecule has 0 aromatic rings. The van der Waals surface area contributed by atoms with Crippen molar-refractivity contribution in [1.29, 1.82) is 0 Å². The van der Waals surface area contributed by atoms with Gasteiger partial charge >= 0.3 is 37.6 Å². The van der Waals surface area contributed by atoms with Crippen molar-refractivity contribution in [2.75, 3.05) is 0 Å². The molecule has 43 heavy (non-hydrogen) atoms. The second kappa shape index (κ2) is 20.3. The van der Waals surface area contributed by atoms with E-state index in [1.54, 1.807) is 0 Å². The number of rotatable bonds is 22. The molecule has 0 amide bonds. The van der Waals surface area contributed by atoms with E-state index in [1.807, 2.05) is 0 Å². The first-order chi connectivity index (χ1) is 19.6. The highest BCUT2D eigenvalue weighted by Gasteiger charge is 2.46. The average molecular weight is 695 g/mol. The van der Waals surface area contributed by atoms with E-state index in [-0.39, 0.29) is 17.9 Å². The number of unbranched alkanes of at least 4 members (excludes halogenated alkanes) is 10. The molecule has 1 heterocycles. The Labute approximate surface area is 271 Å².